The van der Waals surface area contributed by atoms with E-state index in [0.29, 0.717) is 23.6 Å². The minimum absolute atomic E-state index is 0. The molecule has 1 fully saturated rings. The monoisotopic (exact) mass is 510 g/mol. The third kappa shape index (κ3) is 4.69. The fourth-order valence-corrected chi connectivity index (χ4v) is 5.67. The molecule has 0 aromatic heterocycles. The molecule has 1 amide bonds. The lowest BCUT2D eigenvalue weighted by Gasteiger charge is -2.17. The van der Waals surface area contributed by atoms with Crippen LogP contribution in [0.3, 0.4) is 0 Å². The number of hydrogen-bond donors (Lipinski definition) is 3. The van der Waals surface area contributed by atoms with E-state index in [9.17, 15) is 18.3 Å². The van der Waals surface area contributed by atoms with E-state index in [2.05, 4.69) is 10.0 Å². The summed E-state index contributed by atoms with van der Waals surface area (Å²) in [5, 5.41) is 12.4. The Morgan fingerprint density at radius 1 is 1.03 bits per heavy atom. The van der Waals surface area contributed by atoms with Crippen LogP contribution in [0, 0.1) is 0 Å². The predicted octanol–water partition coefficient (Wildman–Crippen LogP) is 4.05. The molecule has 0 radical (unpaired) electrons. The summed E-state index contributed by atoms with van der Waals surface area (Å²) in [7, 11) is -3.73. The zero-order valence-electron chi connectivity index (χ0n) is 19.9. The van der Waals surface area contributed by atoms with Crippen molar-refractivity contribution in [3.8, 4) is 22.6 Å². The van der Waals surface area contributed by atoms with Crippen molar-refractivity contribution in [2.45, 2.75) is 42.5 Å². The molecule has 0 unspecified atom stereocenters. The van der Waals surface area contributed by atoms with Crippen LogP contribution in [0.5, 0.6) is 11.5 Å². The van der Waals surface area contributed by atoms with Gasteiger partial charge in [-0.2, -0.15) is 0 Å². The number of benzene rings is 3. The highest BCUT2D eigenvalue weighted by Crippen LogP contribution is 2.51. The van der Waals surface area contributed by atoms with Crippen molar-refractivity contribution in [3.63, 3.8) is 0 Å². The van der Waals surface area contributed by atoms with Gasteiger partial charge in [0, 0.05) is 13.2 Å². The molecule has 3 aromatic rings. The highest BCUT2D eigenvalue weighted by Gasteiger charge is 2.51. The number of hydrogen-bond acceptors (Lipinski definition) is 6. The van der Waals surface area contributed by atoms with Gasteiger partial charge in [-0.3, -0.25) is 4.79 Å². The fraction of sp³-hybridized carbons (Fsp3) is 0.296. The molecular weight excluding hydrogens is 480 g/mol. The highest BCUT2D eigenvalue weighted by molar-refractivity contribution is 7.89. The first-order valence-corrected chi connectivity index (χ1v) is 13.4. The van der Waals surface area contributed by atoms with Gasteiger partial charge in [0.2, 0.25) is 22.7 Å². The average Bonchev–Trinajstić information content (AvgIpc) is 3.58. The number of ether oxygens (including phenoxy) is 2. The molecule has 5 rings (SSSR count). The van der Waals surface area contributed by atoms with Gasteiger partial charge in [-0.25, -0.2) is 13.1 Å². The van der Waals surface area contributed by atoms with E-state index in [0.717, 1.165) is 29.5 Å². The molecule has 0 saturated heterocycles. The predicted molar refractivity (Wildman–Crippen MR) is 138 cm³/mol. The van der Waals surface area contributed by atoms with Crippen LogP contribution in [0.1, 0.15) is 33.2 Å². The van der Waals surface area contributed by atoms with Crippen molar-refractivity contribution >= 4 is 21.6 Å². The number of sulfonamides is 1. The first kappa shape index (κ1) is 24.3. The number of rotatable bonds is 9. The molecule has 36 heavy (non-hydrogen) atoms. The van der Waals surface area contributed by atoms with Crippen LogP contribution in [-0.2, 0) is 20.2 Å². The molecule has 1 aliphatic heterocycles. The molecule has 0 spiro atoms. The maximum atomic E-state index is 13.3. The van der Waals surface area contributed by atoms with Gasteiger partial charge in [-0.05, 0) is 72.4 Å². The lowest BCUT2D eigenvalue weighted by atomic mass is 9.94. The van der Waals surface area contributed by atoms with E-state index < -0.39 is 21.5 Å². The number of nitrogens with one attached hydrogen (secondary N) is 2. The molecular formula is C27H30N2O6S. The van der Waals surface area contributed by atoms with Crippen LogP contribution in [0.4, 0.5) is 5.69 Å². The second-order valence-electron chi connectivity index (χ2n) is 9.12. The topological polar surface area (TPSA) is 114 Å². The second-order valence-corrected chi connectivity index (χ2v) is 10.8. The number of fused-ring (bicyclic) bond motifs is 1. The second kappa shape index (κ2) is 9.57. The smallest absolute Gasteiger partial charge is 0.240 e. The standard InChI is InChI=1S/C27H28N2O6S.H2/c1-2-21(16-30)29-36(32,33)23-9-6-18(7-10-23)19-4-3-5-22(14-19)28-26(31)27(12-13-27)20-8-11-24-25(15-20)35-17-34-24;/h3-11,14-15,21,29-30H,2,12-13,16-17H2,1H3,(H,28,31);1H/t21-;/m0./s1. The number of carbonyl (C=O) groups excluding carboxylic acids is 1. The Hall–Kier alpha value is -3.40. The minimum atomic E-state index is -3.73. The summed E-state index contributed by atoms with van der Waals surface area (Å²) < 4.78 is 38.5. The average molecular weight is 511 g/mol. The maximum absolute atomic E-state index is 13.3. The Morgan fingerprint density at radius 2 is 1.78 bits per heavy atom. The van der Waals surface area contributed by atoms with Crippen molar-refractivity contribution in [1.29, 1.82) is 0 Å². The molecule has 2 aliphatic rings. The molecule has 3 aromatic carbocycles. The summed E-state index contributed by atoms with van der Waals surface area (Å²) in [5.74, 6) is 1.28. The van der Waals surface area contributed by atoms with Crippen molar-refractivity contribution in [2.24, 2.45) is 0 Å². The van der Waals surface area contributed by atoms with Gasteiger partial charge in [0.05, 0.1) is 16.9 Å². The first-order chi connectivity index (χ1) is 17.3. The Balaban J connectivity index is 0.00000320. The summed E-state index contributed by atoms with van der Waals surface area (Å²) in [6.45, 7) is 1.73. The van der Waals surface area contributed by atoms with E-state index in [1.807, 2.05) is 42.5 Å². The summed E-state index contributed by atoms with van der Waals surface area (Å²) in [5.41, 5.74) is 2.66. The molecule has 9 heteroatoms. The zero-order valence-corrected chi connectivity index (χ0v) is 20.7. The summed E-state index contributed by atoms with van der Waals surface area (Å²) in [4.78, 5) is 13.4. The van der Waals surface area contributed by atoms with E-state index in [1.54, 1.807) is 19.1 Å². The maximum Gasteiger partial charge on any atom is 0.240 e. The van der Waals surface area contributed by atoms with Gasteiger partial charge in [-0.1, -0.05) is 37.3 Å². The van der Waals surface area contributed by atoms with Gasteiger partial charge >= 0.3 is 0 Å². The van der Waals surface area contributed by atoms with Gasteiger partial charge in [0.15, 0.2) is 11.5 Å². The van der Waals surface area contributed by atoms with E-state index in [4.69, 9.17) is 9.47 Å². The first-order valence-electron chi connectivity index (χ1n) is 11.9. The number of aliphatic hydroxyl groups is 1. The number of aliphatic hydroxyl groups excluding tert-OH is 1. The summed E-state index contributed by atoms with van der Waals surface area (Å²) in [6.07, 6.45) is 2.01. The van der Waals surface area contributed by atoms with E-state index in [-0.39, 0.29) is 25.6 Å². The fourth-order valence-electron chi connectivity index (χ4n) is 4.36. The molecule has 3 N–H and O–H groups in total. The number of amides is 1. The molecule has 8 nitrogen and oxygen atoms in total. The third-order valence-corrected chi connectivity index (χ3v) is 8.30. The Kier molecular flexibility index (Phi) is 6.46. The molecule has 1 saturated carbocycles. The Bertz CT molecular complexity index is 1390. The van der Waals surface area contributed by atoms with Gasteiger partial charge in [0.1, 0.15) is 0 Å². The van der Waals surface area contributed by atoms with Crippen molar-refractivity contribution in [2.75, 3.05) is 18.7 Å². The van der Waals surface area contributed by atoms with Crippen LogP contribution in [0.15, 0.2) is 71.6 Å². The van der Waals surface area contributed by atoms with Crippen LogP contribution in [0.2, 0.25) is 0 Å². The van der Waals surface area contributed by atoms with Gasteiger partial charge in [-0.15, -0.1) is 0 Å². The van der Waals surface area contributed by atoms with Crippen LogP contribution >= 0.6 is 0 Å². The Labute approximate surface area is 211 Å². The van der Waals surface area contributed by atoms with E-state index >= 15 is 0 Å². The van der Waals surface area contributed by atoms with Gasteiger partial charge in [0.25, 0.3) is 0 Å². The van der Waals surface area contributed by atoms with Crippen LogP contribution in [0.25, 0.3) is 11.1 Å². The zero-order chi connectivity index (χ0) is 25.3. The summed E-state index contributed by atoms with van der Waals surface area (Å²) >= 11 is 0. The molecule has 0 bridgehead atoms. The van der Waals surface area contributed by atoms with E-state index in [1.165, 1.54) is 12.1 Å². The largest absolute Gasteiger partial charge is 0.454 e. The molecule has 1 aliphatic carbocycles. The SMILES string of the molecule is CC[C@@H](CO)NS(=O)(=O)c1ccc(-c2cccc(NC(=O)C3(c4ccc5c(c4)OCO5)CC3)c2)cc1.[HH]. The number of carbonyl (C=O) groups is 1. The van der Waals surface area contributed by atoms with Crippen LogP contribution in [-0.4, -0.2) is 38.9 Å². The van der Waals surface area contributed by atoms with Crippen molar-refractivity contribution in [3.05, 3.63) is 72.3 Å². The van der Waals surface area contributed by atoms with Crippen molar-refractivity contribution in [1.82, 2.24) is 4.72 Å². The third-order valence-electron chi connectivity index (χ3n) is 6.76. The lowest BCUT2D eigenvalue weighted by Crippen LogP contribution is -2.36. The highest BCUT2D eigenvalue weighted by atomic mass is 32.2. The van der Waals surface area contributed by atoms with Gasteiger partial charge < -0.3 is 19.9 Å². The minimum Gasteiger partial charge on any atom is -0.454 e. The normalized spacial score (nSPS) is 16.4. The molecule has 190 valence electrons. The molecule has 1 atom stereocenters. The Morgan fingerprint density at radius 3 is 2.47 bits per heavy atom. The molecule has 1 heterocycles. The lowest BCUT2D eigenvalue weighted by molar-refractivity contribution is -0.118. The number of anilines is 1. The quantitative estimate of drug-likeness (QED) is 0.400. The summed E-state index contributed by atoms with van der Waals surface area (Å²) in [6, 6.07) is 19.1. The van der Waals surface area contributed by atoms with Crippen LogP contribution < -0.4 is 19.5 Å². The van der Waals surface area contributed by atoms with Crippen molar-refractivity contribution < 1.29 is 29.2 Å².